The largest absolute Gasteiger partial charge is 0.317 e. The van der Waals surface area contributed by atoms with Crippen LogP contribution < -0.4 is 5.32 Å². The Morgan fingerprint density at radius 1 is 1.24 bits per heavy atom. The van der Waals surface area contributed by atoms with E-state index in [4.69, 9.17) is 11.6 Å². The summed E-state index contributed by atoms with van der Waals surface area (Å²) in [6, 6.07) is 5.30. The van der Waals surface area contributed by atoms with Crippen LogP contribution in [0.5, 0.6) is 0 Å². The van der Waals surface area contributed by atoms with E-state index in [0.717, 1.165) is 37.4 Å². The van der Waals surface area contributed by atoms with Crippen LogP contribution in [-0.4, -0.2) is 27.8 Å². The molecule has 1 aromatic rings. The Labute approximate surface area is 133 Å². The third kappa shape index (κ3) is 5.28. The Balaban J connectivity index is 1.79. The molecule has 1 heterocycles. The van der Waals surface area contributed by atoms with Gasteiger partial charge in [0.25, 0.3) is 0 Å². The number of halogens is 1. The van der Waals surface area contributed by atoms with Gasteiger partial charge in [-0.1, -0.05) is 30.5 Å². The summed E-state index contributed by atoms with van der Waals surface area (Å²) in [7, 11) is -3.23. The molecule has 2 rings (SSSR count). The molecule has 0 spiro atoms. The van der Waals surface area contributed by atoms with Gasteiger partial charge in [0, 0.05) is 6.26 Å². The molecule has 1 aliphatic heterocycles. The first-order chi connectivity index (χ1) is 9.97. The van der Waals surface area contributed by atoms with E-state index in [0.29, 0.717) is 5.02 Å². The minimum Gasteiger partial charge on any atom is -0.317 e. The number of unbranched alkanes of at least 4 members (excludes halogenated alkanes) is 1. The third-order valence-electron chi connectivity index (χ3n) is 4.18. The standard InChI is InChI=1S/C16H24ClNO2S/c1-21(19,20)16-7-6-14(12-15(16)17)5-3-2-4-13-8-10-18-11-9-13/h6-7,12-13,18H,2-5,8-11H2,1H3. The molecule has 1 aliphatic rings. The van der Waals surface area contributed by atoms with E-state index in [2.05, 4.69) is 5.32 Å². The van der Waals surface area contributed by atoms with Gasteiger partial charge in [-0.05, 0) is 62.4 Å². The van der Waals surface area contributed by atoms with Crippen molar-refractivity contribution in [1.82, 2.24) is 5.32 Å². The van der Waals surface area contributed by atoms with E-state index >= 15 is 0 Å². The Bertz CT molecular complexity index is 566. The van der Waals surface area contributed by atoms with Gasteiger partial charge >= 0.3 is 0 Å². The van der Waals surface area contributed by atoms with Crippen molar-refractivity contribution in [2.24, 2.45) is 5.92 Å². The molecule has 0 atom stereocenters. The molecule has 1 fully saturated rings. The number of nitrogens with one attached hydrogen (secondary N) is 1. The van der Waals surface area contributed by atoms with E-state index < -0.39 is 9.84 Å². The predicted molar refractivity (Wildman–Crippen MR) is 87.7 cm³/mol. The molecule has 0 aliphatic carbocycles. The fraction of sp³-hybridized carbons (Fsp3) is 0.625. The highest BCUT2D eigenvalue weighted by atomic mass is 35.5. The summed E-state index contributed by atoms with van der Waals surface area (Å²) in [6.07, 6.45) is 8.43. The van der Waals surface area contributed by atoms with Gasteiger partial charge < -0.3 is 5.32 Å². The maximum atomic E-state index is 11.5. The van der Waals surface area contributed by atoms with E-state index in [9.17, 15) is 8.42 Å². The normalized spacial score (nSPS) is 17.0. The fourth-order valence-corrected chi connectivity index (χ4v) is 4.29. The highest BCUT2D eigenvalue weighted by molar-refractivity contribution is 7.90. The van der Waals surface area contributed by atoms with Crippen molar-refractivity contribution in [3.05, 3.63) is 28.8 Å². The lowest BCUT2D eigenvalue weighted by Gasteiger charge is -2.22. The molecular formula is C16H24ClNO2S. The van der Waals surface area contributed by atoms with Gasteiger partial charge in [0.1, 0.15) is 0 Å². The third-order valence-corrected chi connectivity index (χ3v) is 5.76. The van der Waals surface area contributed by atoms with Gasteiger partial charge in [0.05, 0.1) is 9.92 Å². The second-order valence-corrected chi connectivity index (χ2v) is 8.37. The van der Waals surface area contributed by atoms with Crippen LogP contribution in [0.1, 0.15) is 37.7 Å². The van der Waals surface area contributed by atoms with Crippen molar-refractivity contribution in [2.75, 3.05) is 19.3 Å². The fourth-order valence-electron chi connectivity index (χ4n) is 2.93. The molecule has 1 saturated heterocycles. The van der Waals surface area contributed by atoms with Crippen LogP contribution in [0.2, 0.25) is 5.02 Å². The van der Waals surface area contributed by atoms with Gasteiger partial charge in [-0.15, -0.1) is 0 Å². The van der Waals surface area contributed by atoms with Crippen molar-refractivity contribution in [1.29, 1.82) is 0 Å². The molecule has 5 heteroatoms. The smallest absolute Gasteiger partial charge is 0.176 e. The topological polar surface area (TPSA) is 46.2 Å². The molecule has 0 unspecified atom stereocenters. The molecule has 118 valence electrons. The van der Waals surface area contributed by atoms with E-state index in [-0.39, 0.29) is 4.90 Å². The average Bonchev–Trinajstić information content (AvgIpc) is 2.43. The Morgan fingerprint density at radius 3 is 2.57 bits per heavy atom. The number of benzene rings is 1. The summed E-state index contributed by atoms with van der Waals surface area (Å²) in [4.78, 5) is 0.225. The molecule has 0 amide bonds. The van der Waals surface area contributed by atoms with E-state index in [1.165, 1.54) is 31.9 Å². The maximum Gasteiger partial charge on any atom is 0.176 e. The lowest BCUT2D eigenvalue weighted by molar-refractivity contribution is 0.344. The zero-order valence-corrected chi connectivity index (χ0v) is 14.1. The first-order valence-electron chi connectivity index (χ1n) is 7.66. The number of aryl methyl sites for hydroxylation is 1. The van der Waals surface area contributed by atoms with Crippen molar-refractivity contribution in [3.8, 4) is 0 Å². The van der Waals surface area contributed by atoms with Gasteiger partial charge in [-0.25, -0.2) is 8.42 Å². The van der Waals surface area contributed by atoms with Crippen LogP contribution in [0.25, 0.3) is 0 Å². The quantitative estimate of drug-likeness (QED) is 0.813. The van der Waals surface area contributed by atoms with Crippen molar-refractivity contribution in [3.63, 3.8) is 0 Å². The first-order valence-corrected chi connectivity index (χ1v) is 9.93. The van der Waals surface area contributed by atoms with Gasteiger partial charge in [-0.2, -0.15) is 0 Å². The Morgan fingerprint density at radius 2 is 1.95 bits per heavy atom. The highest BCUT2D eigenvalue weighted by Gasteiger charge is 2.13. The van der Waals surface area contributed by atoms with Gasteiger partial charge in [-0.3, -0.25) is 0 Å². The van der Waals surface area contributed by atoms with Crippen LogP contribution in [0, 0.1) is 5.92 Å². The van der Waals surface area contributed by atoms with Crippen molar-refractivity contribution < 1.29 is 8.42 Å². The minimum absolute atomic E-state index is 0.225. The molecule has 0 bridgehead atoms. The average molecular weight is 330 g/mol. The number of piperidine rings is 1. The SMILES string of the molecule is CS(=O)(=O)c1ccc(CCCCC2CCNCC2)cc1Cl. The Kier molecular flexibility index (Phi) is 6.08. The summed E-state index contributed by atoms with van der Waals surface area (Å²) in [5.41, 5.74) is 1.12. The molecule has 0 saturated carbocycles. The molecular weight excluding hydrogens is 306 g/mol. The van der Waals surface area contributed by atoms with Crippen LogP contribution >= 0.6 is 11.6 Å². The second-order valence-electron chi connectivity index (χ2n) is 5.98. The van der Waals surface area contributed by atoms with Crippen LogP contribution in [0.4, 0.5) is 0 Å². The summed E-state index contributed by atoms with van der Waals surface area (Å²) in [6.45, 7) is 2.32. The molecule has 21 heavy (non-hydrogen) atoms. The highest BCUT2D eigenvalue weighted by Crippen LogP contribution is 2.24. The summed E-state index contributed by atoms with van der Waals surface area (Å²) >= 11 is 6.06. The maximum absolute atomic E-state index is 11.5. The van der Waals surface area contributed by atoms with Gasteiger partial charge in [0.15, 0.2) is 9.84 Å². The summed E-state index contributed by atoms with van der Waals surface area (Å²) < 4.78 is 23.0. The van der Waals surface area contributed by atoms with E-state index in [1.807, 2.05) is 6.07 Å². The second kappa shape index (κ2) is 7.61. The van der Waals surface area contributed by atoms with Crippen molar-refractivity contribution in [2.45, 2.75) is 43.4 Å². The van der Waals surface area contributed by atoms with Crippen LogP contribution in [0.3, 0.4) is 0 Å². The predicted octanol–water partition coefficient (Wildman–Crippen LogP) is 3.46. The number of rotatable bonds is 6. The van der Waals surface area contributed by atoms with Crippen molar-refractivity contribution >= 4 is 21.4 Å². The molecule has 1 N–H and O–H groups in total. The van der Waals surface area contributed by atoms with Crippen LogP contribution in [0.15, 0.2) is 23.1 Å². The zero-order chi connectivity index (χ0) is 15.3. The first kappa shape index (κ1) is 16.8. The zero-order valence-electron chi connectivity index (χ0n) is 12.6. The van der Waals surface area contributed by atoms with E-state index in [1.54, 1.807) is 12.1 Å². The van der Waals surface area contributed by atoms with Gasteiger partial charge in [0.2, 0.25) is 0 Å². The molecule has 1 aromatic carbocycles. The summed E-state index contributed by atoms with van der Waals surface area (Å²) in [5.74, 6) is 0.877. The molecule has 0 radical (unpaired) electrons. The lowest BCUT2D eigenvalue weighted by Crippen LogP contribution is -2.27. The van der Waals surface area contributed by atoms with Crippen LogP contribution in [-0.2, 0) is 16.3 Å². The summed E-state index contributed by atoms with van der Waals surface area (Å²) in [5, 5.41) is 3.73. The number of hydrogen-bond donors (Lipinski definition) is 1. The monoisotopic (exact) mass is 329 g/mol. The molecule has 0 aromatic heterocycles. The number of sulfone groups is 1. The molecule has 3 nitrogen and oxygen atoms in total. The Hall–Kier alpha value is -0.580. The minimum atomic E-state index is -3.23. The number of hydrogen-bond acceptors (Lipinski definition) is 3. The lowest BCUT2D eigenvalue weighted by atomic mass is 9.92.